The lowest BCUT2D eigenvalue weighted by Crippen LogP contribution is -2.27. The first-order chi connectivity index (χ1) is 5.53. The Morgan fingerprint density at radius 1 is 1.58 bits per heavy atom. The Morgan fingerprint density at radius 3 is 2.67 bits per heavy atom. The molecule has 0 spiro atoms. The van der Waals surface area contributed by atoms with Gasteiger partial charge in [0.15, 0.2) is 0 Å². The van der Waals surface area contributed by atoms with Crippen LogP contribution in [0.15, 0.2) is 0 Å². The van der Waals surface area contributed by atoms with Crippen LogP contribution in [-0.4, -0.2) is 24.5 Å². The molecule has 1 aliphatic heterocycles. The Kier molecular flexibility index (Phi) is 2.74. The predicted molar refractivity (Wildman–Crippen MR) is 49.6 cm³/mol. The normalized spacial score (nSPS) is 25.2. The van der Waals surface area contributed by atoms with Crippen LogP contribution >= 0.6 is 0 Å². The zero-order chi connectivity index (χ0) is 9.19. The first-order valence-electron chi connectivity index (χ1n) is 4.65. The van der Waals surface area contributed by atoms with Crippen LogP contribution in [0.25, 0.3) is 0 Å². The van der Waals surface area contributed by atoms with Crippen LogP contribution in [0.2, 0.25) is 0 Å². The topological polar surface area (TPSA) is 27.0 Å². The average molecular weight is 166 g/mol. The Balaban J connectivity index is 2.34. The van der Waals surface area contributed by atoms with Gasteiger partial charge in [0, 0.05) is 13.1 Å². The highest BCUT2D eigenvalue weighted by Gasteiger charge is 2.29. The first-order valence-corrected chi connectivity index (χ1v) is 4.65. The average Bonchev–Trinajstić information content (AvgIpc) is 2.30. The predicted octanol–water partition coefficient (Wildman–Crippen LogP) is 1.88. The maximum absolute atomic E-state index is 8.65. The quantitative estimate of drug-likeness (QED) is 0.626. The summed E-state index contributed by atoms with van der Waals surface area (Å²) in [5, 5.41) is 8.65. The van der Waals surface area contributed by atoms with Gasteiger partial charge >= 0.3 is 0 Å². The fourth-order valence-corrected chi connectivity index (χ4v) is 1.81. The molecule has 2 heteroatoms. The molecule has 0 saturated carbocycles. The second kappa shape index (κ2) is 3.45. The van der Waals surface area contributed by atoms with E-state index in [9.17, 15) is 0 Å². The van der Waals surface area contributed by atoms with Crippen LogP contribution in [0.5, 0.6) is 0 Å². The third kappa shape index (κ3) is 2.49. The summed E-state index contributed by atoms with van der Waals surface area (Å²) in [4.78, 5) is 2.40. The van der Waals surface area contributed by atoms with Gasteiger partial charge in [-0.1, -0.05) is 13.8 Å². The van der Waals surface area contributed by atoms with Crippen molar-refractivity contribution >= 4 is 0 Å². The molecule has 1 rings (SSSR count). The molecule has 0 aromatic rings. The third-order valence-corrected chi connectivity index (χ3v) is 2.51. The standard InChI is InChI=1S/C10H18N2/c1-9(6-11)7-12-5-4-10(2,3)8-12/h9H,4-5,7-8H2,1-3H3. The maximum atomic E-state index is 8.65. The Hall–Kier alpha value is -0.550. The summed E-state index contributed by atoms with van der Waals surface area (Å²) in [6, 6.07) is 2.28. The summed E-state index contributed by atoms with van der Waals surface area (Å²) >= 11 is 0. The molecule has 1 saturated heterocycles. The lowest BCUT2D eigenvalue weighted by atomic mass is 9.93. The van der Waals surface area contributed by atoms with E-state index in [0.29, 0.717) is 5.41 Å². The summed E-state index contributed by atoms with van der Waals surface area (Å²) in [5.41, 5.74) is 0.467. The fraction of sp³-hybridized carbons (Fsp3) is 0.900. The molecule has 12 heavy (non-hydrogen) atoms. The van der Waals surface area contributed by atoms with Crippen molar-refractivity contribution in [2.75, 3.05) is 19.6 Å². The van der Waals surface area contributed by atoms with Crippen LogP contribution in [-0.2, 0) is 0 Å². The highest BCUT2D eigenvalue weighted by Crippen LogP contribution is 2.28. The van der Waals surface area contributed by atoms with Crippen LogP contribution in [0.3, 0.4) is 0 Å². The molecule has 1 unspecified atom stereocenters. The van der Waals surface area contributed by atoms with Gasteiger partial charge in [-0.15, -0.1) is 0 Å². The second-order valence-electron chi connectivity index (χ2n) is 4.68. The van der Waals surface area contributed by atoms with Crippen molar-refractivity contribution in [1.82, 2.24) is 4.90 Å². The van der Waals surface area contributed by atoms with E-state index in [1.54, 1.807) is 0 Å². The first kappa shape index (κ1) is 9.54. The van der Waals surface area contributed by atoms with Gasteiger partial charge in [-0.2, -0.15) is 5.26 Å². The molecule has 1 atom stereocenters. The molecule has 1 heterocycles. The Bertz CT molecular complexity index is 191. The summed E-state index contributed by atoms with van der Waals surface area (Å²) in [6.45, 7) is 9.84. The molecule has 68 valence electrons. The van der Waals surface area contributed by atoms with Gasteiger partial charge < -0.3 is 4.90 Å². The molecular formula is C10H18N2. The Labute approximate surface area is 75.2 Å². The lowest BCUT2D eigenvalue weighted by Gasteiger charge is -2.20. The van der Waals surface area contributed by atoms with Gasteiger partial charge in [0.2, 0.25) is 0 Å². The monoisotopic (exact) mass is 166 g/mol. The van der Waals surface area contributed by atoms with Gasteiger partial charge in [-0.05, 0) is 25.3 Å². The van der Waals surface area contributed by atoms with E-state index in [4.69, 9.17) is 5.26 Å². The van der Waals surface area contributed by atoms with Gasteiger partial charge in [0.25, 0.3) is 0 Å². The molecule has 2 nitrogen and oxygen atoms in total. The van der Waals surface area contributed by atoms with Gasteiger partial charge in [0.05, 0.1) is 12.0 Å². The highest BCUT2D eigenvalue weighted by atomic mass is 15.2. The summed E-state index contributed by atoms with van der Waals surface area (Å²) < 4.78 is 0. The molecule has 0 bridgehead atoms. The number of nitriles is 1. The van der Waals surface area contributed by atoms with Crippen LogP contribution in [0.1, 0.15) is 27.2 Å². The van der Waals surface area contributed by atoms with Crippen LogP contribution in [0, 0.1) is 22.7 Å². The molecule has 0 aromatic carbocycles. The van der Waals surface area contributed by atoms with E-state index in [2.05, 4.69) is 24.8 Å². The van der Waals surface area contributed by atoms with E-state index in [0.717, 1.165) is 13.1 Å². The van der Waals surface area contributed by atoms with Gasteiger partial charge in [-0.25, -0.2) is 0 Å². The van der Waals surface area contributed by atoms with Crippen molar-refractivity contribution in [2.24, 2.45) is 11.3 Å². The smallest absolute Gasteiger partial charge is 0.0666 e. The highest BCUT2D eigenvalue weighted by molar-refractivity contribution is 4.87. The van der Waals surface area contributed by atoms with Gasteiger partial charge in [-0.3, -0.25) is 0 Å². The third-order valence-electron chi connectivity index (χ3n) is 2.51. The largest absolute Gasteiger partial charge is 0.301 e. The number of rotatable bonds is 2. The molecule has 0 aromatic heterocycles. The molecule has 0 aliphatic carbocycles. The molecule has 0 amide bonds. The molecule has 0 radical (unpaired) electrons. The molecule has 0 N–H and O–H groups in total. The van der Waals surface area contributed by atoms with Crippen molar-refractivity contribution in [2.45, 2.75) is 27.2 Å². The van der Waals surface area contributed by atoms with E-state index < -0.39 is 0 Å². The number of hydrogen-bond acceptors (Lipinski definition) is 2. The minimum atomic E-state index is 0.180. The molecular weight excluding hydrogens is 148 g/mol. The number of likely N-dealkylation sites (tertiary alicyclic amines) is 1. The van der Waals surface area contributed by atoms with Crippen molar-refractivity contribution in [3.05, 3.63) is 0 Å². The SMILES string of the molecule is CC(C#N)CN1CCC(C)(C)C1. The maximum Gasteiger partial charge on any atom is 0.0666 e. The van der Waals surface area contributed by atoms with Crippen molar-refractivity contribution in [3.8, 4) is 6.07 Å². The molecule has 1 fully saturated rings. The van der Waals surface area contributed by atoms with E-state index in [-0.39, 0.29) is 5.92 Å². The second-order valence-corrected chi connectivity index (χ2v) is 4.68. The van der Waals surface area contributed by atoms with Crippen molar-refractivity contribution in [1.29, 1.82) is 5.26 Å². The molecule has 1 aliphatic rings. The zero-order valence-corrected chi connectivity index (χ0v) is 8.30. The summed E-state index contributed by atoms with van der Waals surface area (Å²) in [7, 11) is 0. The number of hydrogen-bond donors (Lipinski definition) is 0. The van der Waals surface area contributed by atoms with Gasteiger partial charge in [0.1, 0.15) is 0 Å². The lowest BCUT2D eigenvalue weighted by molar-refractivity contribution is 0.274. The summed E-state index contributed by atoms with van der Waals surface area (Å²) in [5.74, 6) is 0.180. The number of nitrogens with zero attached hydrogens (tertiary/aromatic N) is 2. The van der Waals surface area contributed by atoms with Crippen molar-refractivity contribution < 1.29 is 0 Å². The van der Waals surface area contributed by atoms with Crippen LogP contribution in [0.4, 0.5) is 0 Å². The summed E-state index contributed by atoms with van der Waals surface area (Å²) in [6.07, 6.45) is 1.27. The van der Waals surface area contributed by atoms with Crippen molar-refractivity contribution in [3.63, 3.8) is 0 Å². The zero-order valence-electron chi connectivity index (χ0n) is 8.30. The fourth-order valence-electron chi connectivity index (χ4n) is 1.81. The van der Waals surface area contributed by atoms with E-state index in [1.165, 1.54) is 13.0 Å². The minimum absolute atomic E-state index is 0.180. The minimum Gasteiger partial charge on any atom is -0.301 e. The van der Waals surface area contributed by atoms with E-state index in [1.807, 2.05) is 6.92 Å². The Morgan fingerprint density at radius 2 is 2.25 bits per heavy atom. The van der Waals surface area contributed by atoms with E-state index >= 15 is 0 Å². The van der Waals surface area contributed by atoms with Crippen LogP contribution < -0.4 is 0 Å².